The predicted octanol–water partition coefficient (Wildman–Crippen LogP) is 3.94. The number of carbonyl (C=O) groups excluding carboxylic acids is 1. The van der Waals surface area contributed by atoms with Gasteiger partial charge in [0.05, 0.1) is 16.5 Å². The Kier molecular flexibility index (Phi) is 6.52. The number of anilines is 3. The van der Waals surface area contributed by atoms with Gasteiger partial charge in [-0.25, -0.2) is 12.8 Å². The molecule has 0 aliphatic heterocycles. The molecule has 158 valence electrons. The average Bonchev–Trinajstić information content (AvgIpc) is 2.75. The van der Waals surface area contributed by atoms with Gasteiger partial charge in [-0.15, -0.1) is 0 Å². The number of nitrogens with zero attached hydrogens (tertiary/aromatic N) is 1. The van der Waals surface area contributed by atoms with Crippen LogP contribution in [-0.2, 0) is 14.8 Å². The molecule has 0 aliphatic carbocycles. The summed E-state index contributed by atoms with van der Waals surface area (Å²) in [6.45, 7) is 1.68. The van der Waals surface area contributed by atoms with Gasteiger partial charge in [0.1, 0.15) is 11.9 Å². The number of nitriles is 1. The Morgan fingerprint density at radius 2 is 1.61 bits per heavy atom. The molecule has 3 N–H and O–H groups in total. The topological polar surface area (TPSA) is 111 Å². The van der Waals surface area contributed by atoms with Gasteiger partial charge in [0.2, 0.25) is 5.91 Å². The first-order valence-electron chi connectivity index (χ1n) is 9.23. The first-order valence-corrected chi connectivity index (χ1v) is 10.7. The van der Waals surface area contributed by atoms with Crippen LogP contribution in [0.25, 0.3) is 0 Å². The number of rotatable bonds is 7. The molecular formula is C22H19FN4O3S. The highest BCUT2D eigenvalue weighted by Gasteiger charge is 2.15. The van der Waals surface area contributed by atoms with Crippen LogP contribution >= 0.6 is 0 Å². The zero-order valence-electron chi connectivity index (χ0n) is 16.5. The summed E-state index contributed by atoms with van der Waals surface area (Å²) >= 11 is 0. The summed E-state index contributed by atoms with van der Waals surface area (Å²) in [6, 6.07) is 18.9. The van der Waals surface area contributed by atoms with E-state index in [0.29, 0.717) is 22.6 Å². The number of nitrogens with one attached hydrogen (secondary N) is 3. The molecule has 3 rings (SSSR count). The summed E-state index contributed by atoms with van der Waals surface area (Å²) in [5.74, 6) is -0.818. The van der Waals surface area contributed by atoms with Gasteiger partial charge < -0.3 is 10.6 Å². The van der Waals surface area contributed by atoms with Gasteiger partial charge in [-0.2, -0.15) is 5.26 Å². The van der Waals surface area contributed by atoms with Crippen LogP contribution in [0.3, 0.4) is 0 Å². The lowest BCUT2D eigenvalue weighted by atomic mass is 10.2. The van der Waals surface area contributed by atoms with Crippen LogP contribution in [0.2, 0.25) is 0 Å². The fourth-order valence-corrected chi connectivity index (χ4v) is 3.75. The van der Waals surface area contributed by atoms with E-state index in [9.17, 15) is 17.6 Å². The summed E-state index contributed by atoms with van der Waals surface area (Å²) in [6.07, 6.45) is 0. The summed E-state index contributed by atoms with van der Waals surface area (Å²) in [7, 11) is -3.84. The summed E-state index contributed by atoms with van der Waals surface area (Å²) in [5.41, 5.74) is 1.89. The van der Waals surface area contributed by atoms with Gasteiger partial charge in [-0.1, -0.05) is 6.07 Å². The highest BCUT2D eigenvalue weighted by Crippen LogP contribution is 2.19. The fraction of sp³-hybridized carbons (Fsp3) is 0.0909. The zero-order chi connectivity index (χ0) is 22.4. The average molecular weight is 438 g/mol. The summed E-state index contributed by atoms with van der Waals surface area (Å²) in [4.78, 5) is 12.3. The highest BCUT2D eigenvalue weighted by atomic mass is 32.2. The maximum Gasteiger partial charge on any atom is 0.261 e. The van der Waals surface area contributed by atoms with Crippen LogP contribution in [0.1, 0.15) is 12.5 Å². The monoisotopic (exact) mass is 438 g/mol. The molecule has 0 bridgehead atoms. The zero-order valence-corrected chi connectivity index (χ0v) is 17.3. The minimum Gasteiger partial charge on any atom is -0.374 e. The van der Waals surface area contributed by atoms with Gasteiger partial charge in [0.25, 0.3) is 10.0 Å². The Balaban J connectivity index is 1.61. The SMILES string of the molecule is C[C@H](Nc1ccc(NS(=O)(=O)c2ccc(F)cc2)cc1)C(=O)Nc1cccc(C#N)c1. The lowest BCUT2D eigenvalue weighted by Crippen LogP contribution is -2.31. The van der Waals surface area contributed by atoms with E-state index in [1.807, 2.05) is 6.07 Å². The number of hydrogen-bond acceptors (Lipinski definition) is 5. The quantitative estimate of drug-likeness (QED) is 0.517. The first-order chi connectivity index (χ1) is 14.8. The molecule has 0 saturated heterocycles. The molecule has 0 spiro atoms. The lowest BCUT2D eigenvalue weighted by molar-refractivity contribution is -0.116. The van der Waals surface area contributed by atoms with E-state index in [1.54, 1.807) is 55.5 Å². The van der Waals surface area contributed by atoms with Crippen LogP contribution in [0.4, 0.5) is 21.5 Å². The molecule has 0 aliphatic rings. The molecule has 3 aromatic rings. The van der Waals surface area contributed by atoms with E-state index < -0.39 is 21.9 Å². The van der Waals surface area contributed by atoms with Crippen molar-refractivity contribution in [2.45, 2.75) is 17.9 Å². The second-order valence-corrected chi connectivity index (χ2v) is 8.37. The summed E-state index contributed by atoms with van der Waals surface area (Å²) < 4.78 is 40.1. The van der Waals surface area contributed by atoms with Gasteiger partial charge in [0.15, 0.2) is 0 Å². The molecule has 0 heterocycles. The Hall–Kier alpha value is -3.90. The van der Waals surface area contributed by atoms with Crippen molar-refractivity contribution in [3.63, 3.8) is 0 Å². The van der Waals surface area contributed by atoms with Gasteiger partial charge in [-0.05, 0) is 73.7 Å². The van der Waals surface area contributed by atoms with E-state index in [0.717, 1.165) is 12.1 Å². The molecule has 7 nitrogen and oxygen atoms in total. The first kappa shape index (κ1) is 21.8. The third-order valence-corrected chi connectivity index (χ3v) is 5.69. The van der Waals surface area contributed by atoms with Crippen molar-refractivity contribution >= 4 is 33.0 Å². The maximum absolute atomic E-state index is 13.0. The maximum atomic E-state index is 13.0. The molecule has 0 radical (unpaired) electrons. The Morgan fingerprint density at radius 1 is 0.968 bits per heavy atom. The third-order valence-electron chi connectivity index (χ3n) is 4.30. The van der Waals surface area contributed by atoms with E-state index in [4.69, 9.17) is 5.26 Å². The van der Waals surface area contributed by atoms with Crippen LogP contribution < -0.4 is 15.4 Å². The second kappa shape index (κ2) is 9.28. The van der Waals surface area contributed by atoms with Gasteiger partial charge in [-0.3, -0.25) is 9.52 Å². The van der Waals surface area contributed by atoms with Crippen LogP contribution in [-0.4, -0.2) is 20.4 Å². The second-order valence-electron chi connectivity index (χ2n) is 6.68. The van der Waals surface area contributed by atoms with Gasteiger partial charge in [0, 0.05) is 17.1 Å². The van der Waals surface area contributed by atoms with E-state index in [-0.39, 0.29) is 10.8 Å². The third kappa shape index (κ3) is 5.81. The number of carbonyl (C=O) groups is 1. The number of amides is 1. The van der Waals surface area contributed by atoms with Crippen molar-refractivity contribution in [2.75, 3.05) is 15.4 Å². The summed E-state index contributed by atoms with van der Waals surface area (Å²) in [5, 5.41) is 14.7. The fourth-order valence-electron chi connectivity index (χ4n) is 2.69. The van der Waals surface area contributed by atoms with Crippen molar-refractivity contribution in [1.29, 1.82) is 5.26 Å². The van der Waals surface area contributed by atoms with Crippen LogP contribution in [0.5, 0.6) is 0 Å². The largest absolute Gasteiger partial charge is 0.374 e. The number of benzene rings is 3. The minimum absolute atomic E-state index is 0.0538. The van der Waals surface area contributed by atoms with Crippen molar-refractivity contribution in [1.82, 2.24) is 0 Å². The highest BCUT2D eigenvalue weighted by molar-refractivity contribution is 7.92. The molecule has 1 amide bonds. The van der Waals surface area contributed by atoms with E-state index in [2.05, 4.69) is 15.4 Å². The predicted molar refractivity (Wildman–Crippen MR) is 117 cm³/mol. The smallest absolute Gasteiger partial charge is 0.261 e. The molecule has 0 fully saturated rings. The standard InChI is InChI=1S/C22H19FN4O3S/c1-15(22(28)26-20-4-2-3-16(13-20)14-24)25-18-7-9-19(10-8-18)27-31(29,30)21-11-5-17(23)6-12-21/h2-13,15,25,27H,1H3,(H,26,28)/t15-/m0/s1. The Labute approximate surface area is 179 Å². The number of halogens is 1. The van der Waals surface area contributed by atoms with E-state index in [1.165, 1.54) is 12.1 Å². The van der Waals surface area contributed by atoms with E-state index >= 15 is 0 Å². The molecule has 0 aromatic heterocycles. The van der Waals surface area contributed by atoms with Crippen LogP contribution in [0, 0.1) is 17.1 Å². The van der Waals surface area contributed by atoms with Crippen molar-refractivity contribution in [3.8, 4) is 6.07 Å². The van der Waals surface area contributed by atoms with Crippen molar-refractivity contribution in [2.24, 2.45) is 0 Å². The van der Waals surface area contributed by atoms with Gasteiger partial charge >= 0.3 is 0 Å². The Bertz CT molecular complexity index is 1220. The van der Waals surface area contributed by atoms with Crippen LogP contribution in [0.15, 0.2) is 77.7 Å². The lowest BCUT2D eigenvalue weighted by Gasteiger charge is -2.16. The minimum atomic E-state index is -3.84. The normalized spacial score (nSPS) is 11.8. The van der Waals surface area contributed by atoms with Crippen molar-refractivity contribution in [3.05, 3.63) is 84.2 Å². The molecule has 9 heteroatoms. The molecule has 3 aromatic carbocycles. The Morgan fingerprint density at radius 3 is 2.26 bits per heavy atom. The number of sulfonamides is 1. The molecule has 0 saturated carbocycles. The molecular weight excluding hydrogens is 419 g/mol. The molecule has 1 atom stereocenters. The molecule has 31 heavy (non-hydrogen) atoms. The number of hydrogen-bond donors (Lipinski definition) is 3. The molecule has 0 unspecified atom stereocenters. The van der Waals surface area contributed by atoms with Crippen molar-refractivity contribution < 1.29 is 17.6 Å².